The van der Waals surface area contributed by atoms with Crippen molar-refractivity contribution in [2.75, 3.05) is 0 Å². The fraction of sp³-hybridized carbons (Fsp3) is 0. The second-order valence-electron chi connectivity index (χ2n) is 1.80. The number of carboxylic acids is 1. The summed E-state index contributed by atoms with van der Waals surface area (Å²) in [5.41, 5.74) is -0.178. The summed E-state index contributed by atoms with van der Waals surface area (Å²) in [4.78, 5) is 10.2. The summed E-state index contributed by atoms with van der Waals surface area (Å²) < 4.78 is 0. The van der Waals surface area contributed by atoms with Gasteiger partial charge in [-0.05, 0) is 6.07 Å². The maximum Gasteiger partial charge on any atom is 1.00 e. The average molecular weight is 151 g/mol. The largest absolute Gasteiger partial charge is 1.00 e. The summed E-state index contributed by atoms with van der Waals surface area (Å²) in [6.07, 6.45) is 0. The molecule has 0 amide bonds. The van der Waals surface area contributed by atoms with Crippen LogP contribution < -0.4 is 42.8 Å². The van der Waals surface area contributed by atoms with Crippen molar-refractivity contribution in [3.8, 4) is 5.75 Å². The smallest absolute Gasteiger partial charge is 0.872 e. The minimum atomic E-state index is -1.18. The summed E-state index contributed by atoms with van der Waals surface area (Å²) in [5, 5.41) is 19.0. The van der Waals surface area contributed by atoms with Gasteiger partial charge in [-0.15, -0.1) is 0 Å². The molecule has 0 heterocycles. The predicted octanol–water partition coefficient (Wildman–Crippen LogP) is -5.53. The Balaban J connectivity index is 0. The molecule has 0 radical (unpaired) electrons. The Hall–Kier alpha value is -0.315. The molecule has 5 heteroatoms. The van der Waals surface area contributed by atoms with Gasteiger partial charge in [0.25, 0.3) is 0 Å². The summed E-state index contributed by atoms with van der Waals surface area (Å²) in [7, 11) is 0. The molecule has 0 saturated heterocycles. The van der Waals surface area contributed by atoms with E-state index in [2.05, 4.69) is 0 Å². The Kier molecular flexibility index (Phi) is 7.38. The summed E-state index contributed by atoms with van der Waals surface area (Å²) in [6, 6.07) is 5.54. The topological polar surface area (TPSA) is 60.4 Å². The standard InChI is InChI=1S/C7H6O3.2Li/c8-6-4-2-1-3-5(6)7(9)10;;/h1-4,8H,(H,9,10);;/q;2*+1/p-1. The van der Waals surface area contributed by atoms with E-state index in [0.29, 0.717) is 0 Å². The fourth-order valence-electron chi connectivity index (χ4n) is 0.643. The molecule has 12 heavy (non-hydrogen) atoms. The molecule has 0 bridgehead atoms. The van der Waals surface area contributed by atoms with Crippen molar-refractivity contribution < 1.29 is 52.7 Å². The van der Waals surface area contributed by atoms with E-state index in [1.807, 2.05) is 0 Å². The first kappa shape index (κ1) is 14.2. The third-order valence-corrected chi connectivity index (χ3v) is 1.12. The van der Waals surface area contributed by atoms with Crippen molar-refractivity contribution in [2.45, 2.75) is 0 Å². The number of aromatic carboxylic acids is 1. The normalized spacial score (nSPS) is 7.67. The van der Waals surface area contributed by atoms with Crippen molar-refractivity contribution in [1.29, 1.82) is 0 Å². The van der Waals surface area contributed by atoms with E-state index in [-0.39, 0.29) is 43.3 Å². The Labute approximate surface area is 94.1 Å². The molecule has 1 aromatic carbocycles. The van der Waals surface area contributed by atoms with Gasteiger partial charge in [0.1, 0.15) is 0 Å². The number of benzene rings is 1. The molecule has 1 aromatic rings. The molecule has 0 atom stereocenters. The second kappa shape index (κ2) is 6.23. The van der Waals surface area contributed by atoms with E-state index in [9.17, 15) is 9.90 Å². The number of hydrogen-bond acceptors (Lipinski definition) is 2. The van der Waals surface area contributed by atoms with Gasteiger partial charge in [0.05, 0.1) is 5.56 Å². The van der Waals surface area contributed by atoms with Crippen LogP contribution in [-0.4, -0.2) is 11.1 Å². The van der Waals surface area contributed by atoms with Crippen molar-refractivity contribution >= 4 is 5.97 Å². The van der Waals surface area contributed by atoms with Crippen LogP contribution in [-0.2, 0) is 0 Å². The Morgan fingerprint density at radius 3 is 2.08 bits per heavy atom. The molecule has 0 aromatic heterocycles. The number of hydrogen-bond donors (Lipinski definition) is 1. The van der Waals surface area contributed by atoms with Crippen molar-refractivity contribution in [3.05, 3.63) is 29.8 Å². The molecule has 3 nitrogen and oxygen atoms in total. The van der Waals surface area contributed by atoms with Gasteiger partial charge in [0.2, 0.25) is 0 Å². The van der Waals surface area contributed by atoms with Gasteiger partial charge >= 0.3 is 43.7 Å². The molecule has 0 fully saturated rings. The zero-order valence-corrected chi connectivity index (χ0v) is 7.07. The SMILES string of the molecule is O=C(O)c1ccccc1[O-].[Li+].[Li+]. The molecule has 0 unspecified atom stereocenters. The molecule has 0 spiro atoms. The number of carboxylic acid groups (broad SMARTS) is 1. The van der Waals surface area contributed by atoms with Crippen LogP contribution in [0.4, 0.5) is 0 Å². The molecule has 0 aliphatic carbocycles. The molecule has 0 aliphatic rings. The zero-order valence-electron chi connectivity index (χ0n) is 7.07. The van der Waals surface area contributed by atoms with E-state index in [1.165, 1.54) is 24.3 Å². The first-order chi connectivity index (χ1) is 4.72. The van der Waals surface area contributed by atoms with E-state index in [1.54, 1.807) is 0 Å². The van der Waals surface area contributed by atoms with Crippen LogP contribution in [0.25, 0.3) is 0 Å². The monoisotopic (exact) mass is 151 g/mol. The quantitative estimate of drug-likeness (QED) is 0.407. The third kappa shape index (κ3) is 3.39. The first-order valence-corrected chi connectivity index (χ1v) is 2.71. The van der Waals surface area contributed by atoms with E-state index in [0.717, 1.165) is 0 Å². The van der Waals surface area contributed by atoms with Crippen LogP contribution in [0.2, 0.25) is 0 Å². The molecule has 1 N–H and O–H groups in total. The summed E-state index contributed by atoms with van der Waals surface area (Å²) in [6.45, 7) is 0. The van der Waals surface area contributed by atoms with Gasteiger partial charge in [-0.2, -0.15) is 0 Å². The zero-order chi connectivity index (χ0) is 7.56. The average Bonchev–Trinajstić information content (AvgIpc) is 1.88. The Bertz CT molecular complexity index is 263. The van der Waals surface area contributed by atoms with Crippen molar-refractivity contribution in [2.24, 2.45) is 0 Å². The maximum absolute atomic E-state index is 10.7. The van der Waals surface area contributed by atoms with Crippen LogP contribution in [0.5, 0.6) is 5.75 Å². The molecule has 1 rings (SSSR count). The summed E-state index contributed by atoms with van der Waals surface area (Å²) in [5.74, 6) is -1.62. The molecule has 0 saturated carbocycles. The van der Waals surface area contributed by atoms with E-state index >= 15 is 0 Å². The minimum absolute atomic E-state index is 0. The maximum atomic E-state index is 10.7. The summed E-state index contributed by atoms with van der Waals surface area (Å²) >= 11 is 0. The Morgan fingerprint density at radius 2 is 1.75 bits per heavy atom. The third-order valence-electron chi connectivity index (χ3n) is 1.12. The van der Waals surface area contributed by atoms with Crippen LogP contribution in [0.3, 0.4) is 0 Å². The van der Waals surface area contributed by atoms with Crippen molar-refractivity contribution in [3.63, 3.8) is 0 Å². The molecule has 0 aliphatic heterocycles. The fourth-order valence-corrected chi connectivity index (χ4v) is 0.643. The number of carbonyl (C=O) groups is 1. The van der Waals surface area contributed by atoms with Crippen LogP contribution in [0.15, 0.2) is 24.3 Å². The number of para-hydroxylation sites is 1. The van der Waals surface area contributed by atoms with E-state index < -0.39 is 11.7 Å². The molecular formula is C7H5Li2O3+. The second-order valence-corrected chi connectivity index (χ2v) is 1.80. The van der Waals surface area contributed by atoms with Gasteiger partial charge in [0, 0.05) is 0 Å². The number of rotatable bonds is 1. The first-order valence-electron chi connectivity index (χ1n) is 2.71. The molecular weight excluding hydrogens is 146 g/mol. The van der Waals surface area contributed by atoms with Gasteiger partial charge in [0.15, 0.2) is 0 Å². The van der Waals surface area contributed by atoms with Gasteiger partial charge in [-0.3, -0.25) is 0 Å². The van der Waals surface area contributed by atoms with Crippen LogP contribution in [0.1, 0.15) is 10.4 Å². The van der Waals surface area contributed by atoms with Crippen LogP contribution >= 0.6 is 0 Å². The van der Waals surface area contributed by atoms with Gasteiger partial charge in [-0.1, -0.05) is 23.9 Å². The van der Waals surface area contributed by atoms with Crippen molar-refractivity contribution in [1.82, 2.24) is 0 Å². The Morgan fingerprint density at radius 1 is 1.25 bits per heavy atom. The molecule has 52 valence electrons. The van der Waals surface area contributed by atoms with Gasteiger partial charge < -0.3 is 10.2 Å². The predicted molar refractivity (Wildman–Crippen MR) is 32.8 cm³/mol. The minimum Gasteiger partial charge on any atom is -0.872 e. The van der Waals surface area contributed by atoms with Crippen LogP contribution in [0, 0.1) is 0 Å². The van der Waals surface area contributed by atoms with Gasteiger partial charge in [-0.25, -0.2) is 4.79 Å². The van der Waals surface area contributed by atoms with E-state index in [4.69, 9.17) is 5.11 Å².